The third-order valence-corrected chi connectivity index (χ3v) is 13.1. The molecule has 19 nitrogen and oxygen atoms in total. The molecule has 19 heteroatoms. The van der Waals surface area contributed by atoms with Crippen LogP contribution in [0.3, 0.4) is 0 Å². The van der Waals surface area contributed by atoms with E-state index >= 15 is 0 Å². The van der Waals surface area contributed by atoms with Crippen LogP contribution in [0, 0.1) is 5.92 Å². The molecular weight excluding hydrogens is 937 g/mol. The molecule has 0 spiro atoms. The van der Waals surface area contributed by atoms with E-state index in [0.717, 1.165) is 28.0 Å². The summed E-state index contributed by atoms with van der Waals surface area (Å²) in [6, 6.07) is 11.6. The quantitative estimate of drug-likeness (QED) is 0.0779. The van der Waals surface area contributed by atoms with Crippen LogP contribution in [0.1, 0.15) is 98.9 Å². The molecule has 4 atom stereocenters. The van der Waals surface area contributed by atoms with Crippen molar-refractivity contribution in [2.24, 2.45) is 15.9 Å². The maximum atomic E-state index is 14.1. The Kier molecular flexibility index (Phi) is 15.8. The summed E-state index contributed by atoms with van der Waals surface area (Å²) in [5.41, 5.74) is 4.95. The van der Waals surface area contributed by atoms with Gasteiger partial charge in [0.25, 0.3) is 23.6 Å². The Bertz CT molecular complexity index is 2850. The topological polar surface area (TPSA) is 227 Å². The first-order chi connectivity index (χ1) is 35.1. The number of benzene rings is 3. The Hall–Kier alpha value is -8.09. The smallest absolute Gasteiger partial charge is 0.260 e. The standard InChI is InChI=1S/C54H60N8O11/c1-31(2)50(59-47(63)14-8-7-9-17-60-48(64)15-16-49(60)65)52(67)57-33(4)51(66)58-36-13-10-12-34(21-36)35-22-38-28-56-42-26-46(44(71-6)24-40(42)54(69)62(38)30-35)73-19-11-18-72-45-25-41-39(23-43(45)70-5)53(68)61-29-32(3)20-37(61)27-55-41/h10,12-13,15-16,21,23-31,33,37-38,50H,7-9,11,14,17-20,22H2,1-6H3,(H,57,67)(H,58,66)(H,59,63)/t33-,37-,38-,50?/m0/s1. The van der Waals surface area contributed by atoms with Crippen molar-refractivity contribution < 1.29 is 52.5 Å². The molecule has 0 saturated heterocycles. The van der Waals surface area contributed by atoms with Crippen molar-refractivity contribution in [2.45, 2.75) is 96.8 Å². The fourth-order valence-corrected chi connectivity index (χ4v) is 9.13. The largest absolute Gasteiger partial charge is 0.493 e. The van der Waals surface area contributed by atoms with Gasteiger partial charge < -0.3 is 44.7 Å². The number of methoxy groups -OCH3 is 2. The highest BCUT2D eigenvalue weighted by Crippen LogP contribution is 2.41. The van der Waals surface area contributed by atoms with Gasteiger partial charge >= 0.3 is 0 Å². The van der Waals surface area contributed by atoms with Gasteiger partial charge in [0.1, 0.15) is 12.1 Å². The number of anilines is 1. The van der Waals surface area contributed by atoms with Crippen LogP contribution >= 0.6 is 0 Å². The first-order valence-corrected chi connectivity index (χ1v) is 24.5. The Morgan fingerprint density at radius 2 is 1.30 bits per heavy atom. The van der Waals surface area contributed by atoms with Crippen molar-refractivity contribution in [3.63, 3.8) is 0 Å². The summed E-state index contributed by atoms with van der Waals surface area (Å²) in [5, 5.41) is 8.38. The Labute approximate surface area is 423 Å². The normalized spacial score (nSPS) is 18.3. The van der Waals surface area contributed by atoms with Gasteiger partial charge in [0.05, 0.1) is 62.0 Å². The predicted molar refractivity (Wildman–Crippen MR) is 273 cm³/mol. The van der Waals surface area contributed by atoms with Crippen LogP contribution in [0.4, 0.5) is 17.1 Å². The molecule has 73 heavy (non-hydrogen) atoms. The molecule has 0 bridgehead atoms. The number of carbonyl (C=O) groups is 7. The van der Waals surface area contributed by atoms with Crippen molar-refractivity contribution in [3.8, 4) is 23.0 Å². The number of nitrogens with zero attached hydrogens (tertiary/aromatic N) is 5. The predicted octanol–water partition coefficient (Wildman–Crippen LogP) is 6.43. The Balaban J connectivity index is 0.820. The maximum Gasteiger partial charge on any atom is 0.260 e. The van der Waals surface area contributed by atoms with Crippen molar-refractivity contribution in [2.75, 3.05) is 39.3 Å². The molecule has 0 aromatic heterocycles. The van der Waals surface area contributed by atoms with Crippen LogP contribution in [0.15, 0.2) is 88.6 Å². The number of hydrogen-bond acceptors (Lipinski definition) is 13. The van der Waals surface area contributed by atoms with Gasteiger partial charge in [-0.05, 0) is 74.4 Å². The lowest BCUT2D eigenvalue weighted by molar-refractivity contribution is -0.137. The molecule has 382 valence electrons. The van der Waals surface area contributed by atoms with Crippen molar-refractivity contribution >= 4 is 76.4 Å². The van der Waals surface area contributed by atoms with Crippen LogP contribution < -0.4 is 34.9 Å². The molecule has 1 unspecified atom stereocenters. The van der Waals surface area contributed by atoms with Crippen LogP contribution in [0.2, 0.25) is 0 Å². The van der Waals surface area contributed by atoms with Crippen LogP contribution in [0.5, 0.6) is 23.0 Å². The van der Waals surface area contributed by atoms with E-state index in [1.807, 2.05) is 19.2 Å². The van der Waals surface area contributed by atoms with Gasteiger partial charge in [-0.2, -0.15) is 0 Å². The molecule has 3 aromatic rings. The molecule has 0 radical (unpaired) electrons. The van der Waals surface area contributed by atoms with E-state index in [1.165, 1.54) is 26.4 Å². The summed E-state index contributed by atoms with van der Waals surface area (Å²) in [6.07, 6.45) is 13.2. The number of hydrogen-bond donors (Lipinski definition) is 3. The molecule has 5 aliphatic heterocycles. The SMILES string of the molecule is COc1cc2c(cc1OCCCOc1cc3c(cc1OC)C(=O)N1C=C(c4cccc(NC(=O)[C@H](C)NC(=O)C(NC(=O)CCCCCN5C(=O)C=CC5=O)C(C)C)c4)C[C@H]1C=N3)N=C[C@@H]1CC(C)=CN1C2=O. The van der Waals surface area contributed by atoms with Gasteiger partial charge in [-0.3, -0.25) is 48.4 Å². The molecule has 5 heterocycles. The van der Waals surface area contributed by atoms with Gasteiger partial charge in [0, 0.05) is 80.6 Å². The second-order valence-electron chi connectivity index (χ2n) is 18.8. The number of unbranched alkanes of at least 4 members (excludes halogenated alkanes) is 2. The summed E-state index contributed by atoms with van der Waals surface area (Å²) in [5.74, 6) is -0.991. The third-order valence-electron chi connectivity index (χ3n) is 13.1. The number of fused-ring (bicyclic) bond motifs is 4. The number of nitrogens with one attached hydrogen (secondary N) is 3. The molecule has 7 amide bonds. The average Bonchev–Trinajstić information content (AvgIpc) is 4.03. The lowest BCUT2D eigenvalue weighted by Crippen LogP contribution is -2.53. The van der Waals surface area contributed by atoms with Crippen LogP contribution in [-0.2, 0) is 24.0 Å². The van der Waals surface area contributed by atoms with Gasteiger partial charge in [-0.15, -0.1) is 0 Å². The molecule has 5 aliphatic rings. The molecule has 0 fully saturated rings. The van der Waals surface area contributed by atoms with Gasteiger partial charge in [0.2, 0.25) is 17.7 Å². The maximum absolute atomic E-state index is 14.1. The number of aliphatic imine (C=N–C) groups is 2. The van der Waals surface area contributed by atoms with E-state index in [9.17, 15) is 33.6 Å². The number of imide groups is 1. The second-order valence-corrected chi connectivity index (χ2v) is 18.8. The lowest BCUT2D eigenvalue weighted by Gasteiger charge is -2.24. The summed E-state index contributed by atoms with van der Waals surface area (Å²) < 4.78 is 23.5. The summed E-state index contributed by atoms with van der Waals surface area (Å²) in [7, 11) is 3.02. The first kappa shape index (κ1) is 51.3. The highest BCUT2D eigenvalue weighted by molar-refractivity contribution is 6.13. The molecular formula is C54H60N8O11. The summed E-state index contributed by atoms with van der Waals surface area (Å²) in [6.45, 7) is 7.96. The lowest BCUT2D eigenvalue weighted by atomic mass is 10.0. The van der Waals surface area contributed by atoms with Crippen LogP contribution in [0.25, 0.3) is 5.57 Å². The minimum Gasteiger partial charge on any atom is -0.493 e. The number of carbonyl (C=O) groups excluding carboxylic acids is 7. The number of ether oxygens (including phenoxy) is 4. The zero-order chi connectivity index (χ0) is 51.9. The van der Waals surface area contributed by atoms with Crippen molar-refractivity contribution in [3.05, 3.63) is 95.3 Å². The molecule has 3 aromatic carbocycles. The van der Waals surface area contributed by atoms with Gasteiger partial charge in [-0.25, -0.2) is 0 Å². The summed E-state index contributed by atoms with van der Waals surface area (Å²) in [4.78, 5) is 104. The van der Waals surface area contributed by atoms with Gasteiger partial charge in [0.15, 0.2) is 23.0 Å². The van der Waals surface area contributed by atoms with E-state index < -0.39 is 23.9 Å². The highest BCUT2D eigenvalue weighted by Gasteiger charge is 2.35. The Morgan fingerprint density at radius 1 is 0.699 bits per heavy atom. The molecule has 3 N–H and O–H groups in total. The number of amides is 7. The molecule has 0 aliphatic carbocycles. The molecule has 8 rings (SSSR count). The fourth-order valence-electron chi connectivity index (χ4n) is 9.13. The van der Waals surface area contributed by atoms with Crippen molar-refractivity contribution in [1.82, 2.24) is 25.3 Å². The minimum absolute atomic E-state index is 0.122. The van der Waals surface area contributed by atoms with E-state index in [0.29, 0.717) is 83.3 Å². The average molecular weight is 997 g/mol. The minimum atomic E-state index is -0.944. The molecule has 0 saturated carbocycles. The fraction of sp³-hybridized carbons (Fsp3) is 0.389. The second kappa shape index (κ2) is 22.5. The zero-order valence-corrected chi connectivity index (χ0v) is 41.8. The van der Waals surface area contributed by atoms with Gasteiger partial charge in [-0.1, -0.05) is 38.0 Å². The van der Waals surface area contributed by atoms with E-state index in [2.05, 4.69) is 20.9 Å². The Morgan fingerprint density at radius 3 is 1.90 bits per heavy atom. The van der Waals surface area contributed by atoms with E-state index in [-0.39, 0.29) is 73.7 Å². The van der Waals surface area contributed by atoms with Crippen molar-refractivity contribution in [1.29, 1.82) is 0 Å². The first-order valence-electron chi connectivity index (χ1n) is 24.5. The van der Waals surface area contributed by atoms with E-state index in [1.54, 1.807) is 91.7 Å². The monoisotopic (exact) mass is 996 g/mol. The third kappa shape index (κ3) is 11.7. The number of rotatable bonds is 21. The van der Waals surface area contributed by atoms with Crippen LogP contribution in [-0.4, -0.2) is 127 Å². The zero-order valence-electron chi connectivity index (χ0n) is 41.8. The highest BCUT2D eigenvalue weighted by atomic mass is 16.5. The van der Waals surface area contributed by atoms with E-state index in [4.69, 9.17) is 23.9 Å². The summed E-state index contributed by atoms with van der Waals surface area (Å²) >= 11 is 0.